The van der Waals surface area contributed by atoms with Crippen molar-refractivity contribution in [3.63, 3.8) is 0 Å². The number of ether oxygens (including phenoxy) is 1. The summed E-state index contributed by atoms with van der Waals surface area (Å²) in [5.41, 5.74) is -0.403. The molecule has 0 heterocycles. The number of rotatable bonds is 6. The summed E-state index contributed by atoms with van der Waals surface area (Å²) in [5.74, 6) is 2.34. The van der Waals surface area contributed by atoms with Gasteiger partial charge in [-0.2, -0.15) is 0 Å². The van der Waals surface area contributed by atoms with Crippen molar-refractivity contribution in [1.29, 1.82) is 0 Å². The number of hydrogen-bond donors (Lipinski definition) is 1. The second-order valence-electron chi connectivity index (χ2n) is 8.68. The van der Waals surface area contributed by atoms with Crippen LogP contribution in [0.1, 0.15) is 79.6 Å². The predicted octanol–water partition coefficient (Wildman–Crippen LogP) is 4.80. The third kappa shape index (κ3) is 4.01. The summed E-state index contributed by atoms with van der Waals surface area (Å²) >= 11 is 0. The zero-order chi connectivity index (χ0) is 15.7. The van der Waals surface area contributed by atoms with Gasteiger partial charge in [0.2, 0.25) is 0 Å². The van der Waals surface area contributed by atoms with E-state index in [1.807, 2.05) is 6.92 Å². The minimum Gasteiger partial charge on any atom is -0.390 e. The molecule has 0 aromatic rings. The summed E-state index contributed by atoms with van der Waals surface area (Å²) in [7, 11) is 0. The van der Waals surface area contributed by atoms with Crippen molar-refractivity contribution >= 4 is 0 Å². The molecule has 21 heavy (non-hydrogen) atoms. The molecule has 124 valence electrons. The van der Waals surface area contributed by atoms with Crippen LogP contribution in [0, 0.1) is 23.7 Å². The monoisotopic (exact) mass is 296 g/mol. The Hall–Kier alpha value is -0.0800. The first-order chi connectivity index (χ1) is 9.74. The smallest absolute Gasteiger partial charge is 0.0682 e. The maximum atomic E-state index is 10.5. The Kier molecular flexibility index (Phi) is 5.41. The molecule has 2 nitrogen and oxygen atoms in total. The topological polar surface area (TPSA) is 29.5 Å². The SMILES string of the molecule is CC(C)CC1CCCC1(C)OCC(C)C1CCCC1(C)O. The molecule has 0 saturated heterocycles. The first kappa shape index (κ1) is 17.3. The first-order valence-electron chi connectivity index (χ1n) is 9.11. The zero-order valence-corrected chi connectivity index (χ0v) is 14.8. The lowest BCUT2D eigenvalue weighted by Crippen LogP contribution is -2.39. The van der Waals surface area contributed by atoms with Crippen LogP contribution in [0.5, 0.6) is 0 Å². The minimum absolute atomic E-state index is 0.0724. The standard InChI is InChI=1S/C19H36O2/c1-14(2)12-16-8-6-11-19(16,5)21-13-15(3)17-9-7-10-18(17,4)20/h14-17,20H,6-13H2,1-5H3. The Bertz CT molecular complexity index is 336. The molecule has 0 aliphatic heterocycles. The molecule has 2 saturated carbocycles. The molecule has 0 spiro atoms. The van der Waals surface area contributed by atoms with Crippen LogP contribution in [-0.2, 0) is 4.74 Å². The average Bonchev–Trinajstić information content (AvgIpc) is 2.90. The van der Waals surface area contributed by atoms with E-state index < -0.39 is 5.60 Å². The van der Waals surface area contributed by atoms with Crippen LogP contribution in [0.3, 0.4) is 0 Å². The van der Waals surface area contributed by atoms with Crippen LogP contribution in [0.4, 0.5) is 0 Å². The molecule has 0 aromatic carbocycles. The quantitative estimate of drug-likeness (QED) is 0.763. The molecule has 2 aliphatic carbocycles. The van der Waals surface area contributed by atoms with Crippen LogP contribution in [0.2, 0.25) is 0 Å². The van der Waals surface area contributed by atoms with Gasteiger partial charge in [0, 0.05) is 0 Å². The van der Waals surface area contributed by atoms with E-state index in [1.165, 1.54) is 25.7 Å². The Morgan fingerprint density at radius 2 is 1.76 bits per heavy atom. The van der Waals surface area contributed by atoms with Gasteiger partial charge in [-0.15, -0.1) is 0 Å². The second kappa shape index (κ2) is 6.58. The lowest BCUT2D eigenvalue weighted by molar-refractivity contribution is -0.0959. The fraction of sp³-hybridized carbons (Fsp3) is 1.00. The third-order valence-electron chi connectivity index (χ3n) is 6.20. The summed E-state index contributed by atoms with van der Waals surface area (Å²) < 4.78 is 6.46. The fourth-order valence-corrected chi connectivity index (χ4v) is 4.85. The van der Waals surface area contributed by atoms with Crippen LogP contribution in [-0.4, -0.2) is 22.9 Å². The van der Waals surface area contributed by atoms with Gasteiger partial charge in [0.05, 0.1) is 17.8 Å². The highest BCUT2D eigenvalue weighted by molar-refractivity contribution is 4.93. The molecule has 0 radical (unpaired) electrons. The van der Waals surface area contributed by atoms with E-state index in [0.717, 1.165) is 31.8 Å². The maximum Gasteiger partial charge on any atom is 0.0682 e. The molecule has 2 rings (SSSR count). The van der Waals surface area contributed by atoms with Crippen LogP contribution < -0.4 is 0 Å². The van der Waals surface area contributed by atoms with E-state index >= 15 is 0 Å². The van der Waals surface area contributed by atoms with Gasteiger partial charge >= 0.3 is 0 Å². The normalized spacial score (nSPS) is 41.9. The molecule has 0 bridgehead atoms. The fourth-order valence-electron chi connectivity index (χ4n) is 4.85. The highest BCUT2D eigenvalue weighted by atomic mass is 16.5. The van der Waals surface area contributed by atoms with Crippen LogP contribution in [0.15, 0.2) is 0 Å². The van der Waals surface area contributed by atoms with Gasteiger partial charge in [-0.1, -0.05) is 33.6 Å². The largest absolute Gasteiger partial charge is 0.390 e. The van der Waals surface area contributed by atoms with Gasteiger partial charge in [-0.05, 0) is 69.6 Å². The van der Waals surface area contributed by atoms with Crippen molar-refractivity contribution in [3.8, 4) is 0 Å². The zero-order valence-electron chi connectivity index (χ0n) is 14.8. The second-order valence-corrected chi connectivity index (χ2v) is 8.68. The Labute approximate surface area is 131 Å². The third-order valence-corrected chi connectivity index (χ3v) is 6.20. The number of hydrogen-bond acceptors (Lipinski definition) is 2. The van der Waals surface area contributed by atoms with Crippen molar-refractivity contribution in [2.75, 3.05) is 6.61 Å². The minimum atomic E-state index is -0.476. The first-order valence-corrected chi connectivity index (χ1v) is 9.11. The predicted molar refractivity (Wildman–Crippen MR) is 88.3 cm³/mol. The molecule has 1 N–H and O–H groups in total. The van der Waals surface area contributed by atoms with Crippen molar-refractivity contribution in [2.24, 2.45) is 23.7 Å². The molecule has 0 aromatic heterocycles. The van der Waals surface area contributed by atoms with E-state index in [0.29, 0.717) is 17.8 Å². The lowest BCUT2D eigenvalue weighted by Gasteiger charge is -2.37. The Balaban J connectivity index is 1.89. The van der Waals surface area contributed by atoms with Gasteiger partial charge in [0.15, 0.2) is 0 Å². The molecular formula is C19H36O2. The van der Waals surface area contributed by atoms with Gasteiger partial charge in [0.1, 0.15) is 0 Å². The highest BCUT2D eigenvalue weighted by Gasteiger charge is 2.43. The molecule has 2 fully saturated rings. The molecular weight excluding hydrogens is 260 g/mol. The lowest BCUT2D eigenvalue weighted by atomic mass is 9.82. The van der Waals surface area contributed by atoms with Gasteiger partial charge in [-0.3, -0.25) is 0 Å². The summed E-state index contributed by atoms with van der Waals surface area (Å²) in [6.07, 6.45) is 8.39. The van der Waals surface area contributed by atoms with Gasteiger partial charge < -0.3 is 9.84 Å². The molecule has 2 heteroatoms. The average molecular weight is 296 g/mol. The molecule has 2 aliphatic rings. The van der Waals surface area contributed by atoms with Gasteiger partial charge in [-0.25, -0.2) is 0 Å². The van der Waals surface area contributed by atoms with E-state index in [9.17, 15) is 5.11 Å². The van der Waals surface area contributed by atoms with Crippen LogP contribution >= 0.6 is 0 Å². The summed E-state index contributed by atoms with van der Waals surface area (Å²) in [6, 6.07) is 0. The number of aliphatic hydroxyl groups is 1. The highest BCUT2D eigenvalue weighted by Crippen LogP contribution is 2.44. The van der Waals surface area contributed by atoms with Crippen LogP contribution in [0.25, 0.3) is 0 Å². The van der Waals surface area contributed by atoms with E-state index in [-0.39, 0.29) is 5.60 Å². The van der Waals surface area contributed by atoms with Crippen molar-refractivity contribution in [1.82, 2.24) is 0 Å². The van der Waals surface area contributed by atoms with Crippen molar-refractivity contribution in [3.05, 3.63) is 0 Å². The summed E-state index contributed by atoms with van der Waals surface area (Å²) in [5, 5.41) is 10.5. The molecule has 0 amide bonds. The van der Waals surface area contributed by atoms with Crippen molar-refractivity contribution < 1.29 is 9.84 Å². The molecule has 5 unspecified atom stereocenters. The molecule has 5 atom stereocenters. The Morgan fingerprint density at radius 3 is 2.33 bits per heavy atom. The maximum absolute atomic E-state index is 10.5. The van der Waals surface area contributed by atoms with E-state index in [4.69, 9.17) is 4.74 Å². The van der Waals surface area contributed by atoms with E-state index in [1.54, 1.807) is 0 Å². The van der Waals surface area contributed by atoms with E-state index in [2.05, 4.69) is 27.7 Å². The summed E-state index contributed by atoms with van der Waals surface area (Å²) in [4.78, 5) is 0. The Morgan fingerprint density at radius 1 is 1.10 bits per heavy atom. The van der Waals surface area contributed by atoms with Gasteiger partial charge in [0.25, 0.3) is 0 Å². The summed E-state index contributed by atoms with van der Waals surface area (Å²) in [6.45, 7) is 12.0. The van der Waals surface area contributed by atoms with Crippen molar-refractivity contribution in [2.45, 2.75) is 90.8 Å².